The highest BCUT2D eigenvalue weighted by Crippen LogP contribution is 1.88. The molecule has 2 N–H and O–H groups in total. The van der Waals surface area contributed by atoms with Crippen molar-refractivity contribution in [2.24, 2.45) is 0 Å². The fraction of sp³-hybridized carbons (Fsp3) is 0.833. The van der Waals surface area contributed by atoms with Gasteiger partial charge in [-0.25, -0.2) is 4.79 Å². The topological polar surface area (TPSA) is 66.8 Å². The van der Waals surface area contributed by atoms with Gasteiger partial charge in [-0.15, -0.1) is 0 Å². The first-order valence-corrected chi connectivity index (χ1v) is 3.06. The first-order chi connectivity index (χ1) is 4.54. The normalized spacial score (nSPS) is 16.0. The molecule has 4 nitrogen and oxygen atoms in total. The Labute approximate surface area is 59.4 Å². The van der Waals surface area contributed by atoms with E-state index in [4.69, 9.17) is 10.2 Å². The summed E-state index contributed by atoms with van der Waals surface area (Å²) >= 11 is 0. The molecule has 0 aromatic carbocycles. The number of ether oxygens (including phenoxy) is 1. The maximum atomic E-state index is 10.5. The summed E-state index contributed by atoms with van der Waals surface area (Å²) < 4.78 is 4.43. The summed E-state index contributed by atoms with van der Waals surface area (Å²) in [6, 6.07) is 0. The van der Waals surface area contributed by atoms with Crippen LogP contribution in [-0.2, 0) is 9.53 Å². The third-order valence-corrected chi connectivity index (χ3v) is 0.808. The van der Waals surface area contributed by atoms with Gasteiger partial charge in [0.2, 0.25) is 0 Å². The number of hydrogen-bond donors (Lipinski definition) is 2. The second kappa shape index (κ2) is 4.24. The largest absolute Gasteiger partial charge is 0.461 e. The molecular weight excluding hydrogens is 136 g/mol. The van der Waals surface area contributed by atoms with Gasteiger partial charge in [0.1, 0.15) is 12.7 Å². The summed E-state index contributed by atoms with van der Waals surface area (Å²) in [7, 11) is 0. The van der Waals surface area contributed by atoms with Crippen LogP contribution >= 0.6 is 0 Å². The minimum Gasteiger partial charge on any atom is -0.461 e. The van der Waals surface area contributed by atoms with Crippen LogP contribution in [0.1, 0.15) is 13.8 Å². The van der Waals surface area contributed by atoms with Crippen molar-refractivity contribution in [1.82, 2.24) is 0 Å². The maximum absolute atomic E-state index is 10.5. The Morgan fingerprint density at radius 1 is 1.50 bits per heavy atom. The second-order valence-corrected chi connectivity index (χ2v) is 2.16. The average Bonchev–Trinajstić information content (AvgIpc) is 1.82. The van der Waals surface area contributed by atoms with E-state index in [0.717, 1.165) is 0 Å². The van der Waals surface area contributed by atoms with Gasteiger partial charge in [0.15, 0.2) is 0 Å². The molecule has 0 heterocycles. The molecule has 10 heavy (non-hydrogen) atoms. The molecule has 0 aliphatic rings. The highest BCUT2D eigenvalue weighted by molar-refractivity contribution is 5.73. The van der Waals surface area contributed by atoms with E-state index >= 15 is 0 Å². The van der Waals surface area contributed by atoms with E-state index < -0.39 is 18.2 Å². The smallest absolute Gasteiger partial charge is 0.334 e. The summed E-state index contributed by atoms with van der Waals surface area (Å²) in [5.41, 5.74) is 0. The third kappa shape index (κ3) is 4.29. The third-order valence-electron chi connectivity index (χ3n) is 0.808. The zero-order valence-corrected chi connectivity index (χ0v) is 6.07. The lowest BCUT2D eigenvalue weighted by molar-refractivity contribution is -0.155. The standard InChI is InChI=1S/C6H12O4/c1-4(7)3-10-6(9)5(2)8/h4-5,7-8H,3H2,1-2H3/t4-,5-/m0/s1. The number of carbonyl (C=O) groups is 1. The first kappa shape index (κ1) is 9.39. The minimum atomic E-state index is -1.11. The number of carbonyl (C=O) groups excluding carboxylic acids is 1. The molecule has 4 heteroatoms. The number of rotatable bonds is 3. The lowest BCUT2D eigenvalue weighted by Gasteiger charge is -2.07. The molecule has 0 amide bonds. The van der Waals surface area contributed by atoms with Crippen molar-refractivity contribution in [1.29, 1.82) is 0 Å². The van der Waals surface area contributed by atoms with Crippen molar-refractivity contribution in [3.63, 3.8) is 0 Å². The zero-order valence-electron chi connectivity index (χ0n) is 6.07. The van der Waals surface area contributed by atoms with Crippen LogP contribution in [0.5, 0.6) is 0 Å². The number of aliphatic hydroxyl groups excluding tert-OH is 2. The molecule has 0 unspecified atom stereocenters. The predicted octanol–water partition coefficient (Wildman–Crippen LogP) is -0.709. The van der Waals surface area contributed by atoms with Crippen LogP contribution in [0, 0.1) is 0 Å². The van der Waals surface area contributed by atoms with Crippen LogP contribution in [0.15, 0.2) is 0 Å². The summed E-state index contributed by atoms with van der Waals surface area (Å²) in [6.45, 7) is 2.74. The zero-order chi connectivity index (χ0) is 8.15. The predicted molar refractivity (Wildman–Crippen MR) is 34.3 cm³/mol. The molecule has 0 rings (SSSR count). The molecule has 2 atom stereocenters. The Bertz CT molecular complexity index is 108. The molecule has 0 aromatic heterocycles. The summed E-state index contributed by atoms with van der Waals surface area (Å²) in [5, 5.41) is 17.2. The van der Waals surface area contributed by atoms with Crippen molar-refractivity contribution in [3.8, 4) is 0 Å². The quantitative estimate of drug-likeness (QED) is 0.519. The van der Waals surface area contributed by atoms with Crippen molar-refractivity contribution in [2.45, 2.75) is 26.1 Å². The van der Waals surface area contributed by atoms with E-state index in [0.29, 0.717) is 0 Å². The van der Waals surface area contributed by atoms with Crippen molar-refractivity contribution in [3.05, 3.63) is 0 Å². The molecule has 0 spiro atoms. The van der Waals surface area contributed by atoms with Crippen LogP contribution in [0.2, 0.25) is 0 Å². The Hall–Kier alpha value is -0.610. The Kier molecular flexibility index (Phi) is 3.99. The molecule has 0 saturated carbocycles. The van der Waals surface area contributed by atoms with Gasteiger partial charge in [-0.2, -0.15) is 0 Å². The van der Waals surface area contributed by atoms with E-state index in [1.165, 1.54) is 13.8 Å². The summed E-state index contributed by atoms with van der Waals surface area (Å²) in [6.07, 6.45) is -1.79. The van der Waals surface area contributed by atoms with Crippen molar-refractivity contribution in [2.75, 3.05) is 6.61 Å². The maximum Gasteiger partial charge on any atom is 0.334 e. The monoisotopic (exact) mass is 148 g/mol. The van der Waals surface area contributed by atoms with E-state index in [2.05, 4.69) is 4.74 Å². The van der Waals surface area contributed by atoms with Crippen LogP contribution in [-0.4, -0.2) is 35.0 Å². The van der Waals surface area contributed by atoms with Gasteiger partial charge >= 0.3 is 5.97 Å². The average molecular weight is 148 g/mol. The first-order valence-electron chi connectivity index (χ1n) is 3.06. The number of hydrogen-bond acceptors (Lipinski definition) is 4. The van der Waals surface area contributed by atoms with Crippen LogP contribution < -0.4 is 0 Å². The fourth-order valence-corrected chi connectivity index (χ4v) is 0.323. The molecule has 0 bridgehead atoms. The van der Waals surface area contributed by atoms with E-state index in [1.807, 2.05) is 0 Å². The molecule has 0 aliphatic carbocycles. The van der Waals surface area contributed by atoms with Gasteiger partial charge in [0, 0.05) is 0 Å². The molecular formula is C6H12O4. The van der Waals surface area contributed by atoms with E-state index in [1.54, 1.807) is 0 Å². The SMILES string of the molecule is C[C@H](O)COC(=O)[C@H](C)O. The van der Waals surface area contributed by atoms with Crippen LogP contribution in [0.3, 0.4) is 0 Å². The Morgan fingerprint density at radius 3 is 2.30 bits per heavy atom. The van der Waals surface area contributed by atoms with E-state index in [9.17, 15) is 4.79 Å². The molecule has 0 fully saturated rings. The van der Waals surface area contributed by atoms with Gasteiger partial charge in [0.25, 0.3) is 0 Å². The minimum absolute atomic E-state index is 0.0657. The molecule has 0 radical (unpaired) electrons. The van der Waals surface area contributed by atoms with E-state index in [-0.39, 0.29) is 6.61 Å². The van der Waals surface area contributed by atoms with Gasteiger partial charge in [-0.1, -0.05) is 0 Å². The lowest BCUT2D eigenvalue weighted by atomic mass is 10.4. The Balaban J connectivity index is 3.40. The van der Waals surface area contributed by atoms with Gasteiger partial charge in [-0.05, 0) is 13.8 Å². The highest BCUT2D eigenvalue weighted by atomic mass is 16.6. The second-order valence-electron chi connectivity index (χ2n) is 2.16. The summed E-state index contributed by atoms with van der Waals surface area (Å²) in [4.78, 5) is 10.5. The summed E-state index contributed by atoms with van der Waals surface area (Å²) in [5.74, 6) is -0.707. The van der Waals surface area contributed by atoms with Gasteiger partial charge < -0.3 is 14.9 Å². The number of esters is 1. The van der Waals surface area contributed by atoms with Crippen LogP contribution in [0.25, 0.3) is 0 Å². The van der Waals surface area contributed by atoms with Gasteiger partial charge in [-0.3, -0.25) is 0 Å². The molecule has 0 aliphatic heterocycles. The molecule has 0 aromatic rings. The van der Waals surface area contributed by atoms with Crippen LogP contribution in [0.4, 0.5) is 0 Å². The number of aliphatic hydroxyl groups is 2. The Morgan fingerprint density at radius 2 is 2.00 bits per heavy atom. The molecule has 0 saturated heterocycles. The fourth-order valence-electron chi connectivity index (χ4n) is 0.323. The molecule has 60 valence electrons. The van der Waals surface area contributed by atoms with Crippen molar-refractivity contribution < 1.29 is 19.7 Å². The lowest BCUT2D eigenvalue weighted by Crippen LogP contribution is -2.23. The highest BCUT2D eigenvalue weighted by Gasteiger charge is 2.10. The van der Waals surface area contributed by atoms with Crippen molar-refractivity contribution >= 4 is 5.97 Å². The van der Waals surface area contributed by atoms with Gasteiger partial charge in [0.05, 0.1) is 6.10 Å².